The Balaban J connectivity index is 1.67. The molecule has 4 aliphatic rings. The zero-order valence-corrected chi connectivity index (χ0v) is 21.8. The van der Waals surface area contributed by atoms with E-state index in [1.54, 1.807) is 6.92 Å². The van der Waals surface area contributed by atoms with Crippen LogP contribution < -0.4 is 0 Å². The Morgan fingerprint density at radius 1 is 0.879 bits per heavy atom. The highest BCUT2D eigenvalue weighted by Crippen LogP contribution is 2.68. The van der Waals surface area contributed by atoms with Crippen molar-refractivity contribution in [3.8, 4) is 0 Å². The first-order valence-corrected chi connectivity index (χ1v) is 13.6. The number of hydrogen-bond acceptors (Lipinski definition) is 5. The molecule has 0 aromatic heterocycles. The lowest BCUT2D eigenvalue weighted by atomic mass is 9.43. The van der Waals surface area contributed by atoms with Gasteiger partial charge in [-0.2, -0.15) is 0 Å². The summed E-state index contributed by atoms with van der Waals surface area (Å²) >= 11 is 11.6. The molecule has 186 valence electrons. The maximum Gasteiger partial charge on any atom is 0.321 e. The second kappa shape index (κ2) is 9.33. The fourth-order valence-electron chi connectivity index (χ4n) is 9.01. The van der Waals surface area contributed by atoms with Gasteiger partial charge in [-0.25, -0.2) is 0 Å². The van der Waals surface area contributed by atoms with Gasteiger partial charge in [0.05, 0.1) is 0 Å². The fraction of sp³-hybridized carbons (Fsp3) is 0.885. The molecule has 0 aliphatic heterocycles. The summed E-state index contributed by atoms with van der Waals surface area (Å²) in [5.41, 5.74) is -0.148. The summed E-state index contributed by atoms with van der Waals surface area (Å²) in [7, 11) is 0. The second-order valence-corrected chi connectivity index (χ2v) is 12.3. The molecule has 0 aromatic carbocycles. The van der Waals surface area contributed by atoms with Crippen molar-refractivity contribution < 1.29 is 23.9 Å². The molecule has 5 nitrogen and oxygen atoms in total. The molecule has 7 heteroatoms. The molecule has 0 amide bonds. The monoisotopic (exact) mass is 500 g/mol. The minimum atomic E-state index is -0.372. The summed E-state index contributed by atoms with van der Waals surface area (Å²) in [6.45, 7) is 8.50. The van der Waals surface area contributed by atoms with Crippen LogP contribution >= 0.6 is 23.2 Å². The van der Waals surface area contributed by atoms with Crippen LogP contribution in [0.2, 0.25) is 0 Å². The standard InChI is InChI=1S/C26H38Cl2O5/c1-14-10-25(3)16(9-20(14)32-22(30)12-27)5-6-17-19-8-7-18(15(2)29)26(19,4)11-21(24(17)25)33-23(31)13-28/h14,16-21,24H,5-13H2,1-4H3/t14-,16+,17+,18-,19+,20+,21+,24-,25+,26-/m1/s1. The molecule has 0 aromatic rings. The number of fused-ring (bicyclic) bond motifs is 5. The Kier molecular flexibility index (Phi) is 7.15. The number of esters is 2. The van der Waals surface area contributed by atoms with E-state index in [4.69, 9.17) is 32.7 Å². The Morgan fingerprint density at radius 3 is 2.12 bits per heavy atom. The lowest BCUT2D eigenvalue weighted by Gasteiger charge is -2.63. The molecule has 33 heavy (non-hydrogen) atoms. The highest BCUT2D eigenvalue weighted by molar-refractivity contribution is 6.26. The summed E-state index contributed by atoms with van der Waals surface area (Å²) in [4.78, 5) is 36.9. The van der Waals surface area contributed by atoms with Gasteiger partial charge in [-0.05, 0) is 86.4 Å². The summed E-state index contributed by atoms with van der Waals surface area (Å²) in [6, 6.07) is 0. The van der Waals surface area contributed by atoms with Crippen molar-refractivity contribution in [3.63, 3.8) is 0 Å². The number of rotatable bonds is 5. The molecule has 4 fully saturated rings. The van der Waals surface area contributed by atoms with Crippen LogP contribution in [0.3, 0.4) is 0 Å². The van der Waals surface area contributed by atoms with Gasteiger partial charge < -0.3 is 9.47 Å². The Morgan fingerprint density at radius 2 is 1.52 bits per heavy atom. The van der Waals surface area contributed by atoms with E-state index in [9.17, 15) is 14.4 Å². The maximum atomic E-state index is 12.6. The predicted molar refractivity (Wildman–Crippen MR) is 127 cm³/mol. The summed E-state index contributed by atoms with van der Waals surface area (Å²) < 4.78 is 11.8. The smallest absolute Gasteiger partial charge is 0.321 e. The third-order valence-corrected chi connectivity index (χ3v) is 10.6. The van der Waals surface area contributed by atoms with Crippen LogP contribution in [0.4, 0.5) is 0 Å². The number of alkyl halides is 2. The second-order valence-electron chi connectivity index (χ2n) is 11.8. The number of hydrogen-bond donors (Lipinski definition) is 0. The molecule has 4 saturated carbocycles. The van der Waals surface area contributed by atoms with Gasteiger partial charge in [0.1, 0.15) is 29.8 Å². The van der Waals surface area contributed by atoms with Crippen LogP contribution in [0.25, 0.3) is 0 Å². The zero-order chi connectivity index (χ0) is 24.1. The van der Waals surface area contributed by atoms with E-state index in [0.717, 1.165) is 44.9 Å². The first-order valence-electron chi connectivity index (χ1n) is 12.6. The lowest BCUT2D eigenvalue weighted by Crippen LogP contribution is -2.61. The molecule has 4 rings (SSSR count). The van der Waals surface area contributed by atoms with Gasteiger partial charge >= 0.3 is 11.9 Å². The molecule has 0 spiro atoms. The van der Waals surface area contributed by atoms with E-state index in [2.05, 4.69) is 20.8 Å². The molecule has 10 atom stereocenters. The molecule has 0 heterocycles. The van der Waals surface area contributed by atoms with E-state index < -0.39 is 0 Å². The number of Topliss-reactive ketones (excluding diaryl/α,β-unsaturated/α-hetero) is 1. The quantitative estimate of drug-likeness (QED) is 0.373. The molecule has 0 N–H and O–H groups in total. The first kappa shape index (κ1) is 25.3. The van der Waals surface area contributed by atoms with Gasteiger partial charge in [-0.3, -0.25) is 14.4 Å². The molecular weight excluding hydrogens is 463 g/mol. The average molecular weight is 501 g/mol. The van der Waals surface area contributed by atoms with Crippen LogP contribution in [-0.2, 0) is 23.9 Å². The predicted octanol–water partition coefficient (Wildman–Crippen LogP) is 5.39. The van der Waals surface area contributed by atoms with Crippen LogP contribution in [0.15, 0.2) is 0 Å². The van der Waals surface area contributed by atoms with Crippen molar-refractivity contribution in [2.75, 3.05) is 11.8 Å². The lowest BCUT2D eigenvalue weighted by molar-refractivity contribution is -0.205. The highest BCUT2D eigenvalue weighted by atomic mass is 35.5. The number of carbonyl (C=O) groups excluding carboxylic acids is 3. The van der Waals surface area contributed by atoms with Gasteiger partial charge in [0.15, 0.2) is 0 Å². The summed E-state index contributed by atoms with van der Waals surface area (Å²) in [5.74, 6) is 1.04. The summed E-state index contributed by atoms with van der Waals surface area (Å²) in [5, 5.41) is 0. The Bertz CT molecular complexity index is 802. The van der Waals surface area contributed by atoms with E-state index in [0.29, 0.717) is 17.8 Å². The topological polar surface area (TPSA) is 69.7 Å². The van der Waals surface area contributed by atoms with Gasteiger partial charge in [0, 0.05) is 11.8 Å². The third-order valence-electron chi connectivity index (χ3n) is 10.2. The molecule has 0 unspecified atom stereocenters. The molecule has 0 radical (unpaired) electrons. The third kappa shape index (κ3) is 4.24. The zero-order valence-electron chi connectivity index (χ0n) is 20.3. The SMILES string of the molecule is CC(=O)[C@H]1CC[C@H]2[C@@H]3CC[C@H]4C[C@H](OC(=O)CCl)[C@H](C)C[C@]4(C)[C@H]3[C@@H](OC(=O)CCl)C[C@]12C. The summed E-state index contributed by atoms with van der Waals surface area (Å²) in [6.07, 6.45) is 6.29. The fourth-order valence-corrected chi connectivity index (χ4v) is 9.14. The first-order chi connectivity index (χ1) is 15.5. The largest absolute Gasteiger partial charge is 0.461 e. The van der Waals surface area contributed by atoms with E-state index in [1.807, 2.05) is 0 Å². The van der Waals surface area contributed by atoms with Crippen LogP contribution in [0, 0.1) is 46.3 Å². The van der Waals surface area contributed by atoms with Gasteiger partial charge in [-0.15, -0.1) is 23.2 Å². The van der Waals surface area contributed by atoms with E-state index in [-0.39, 0.29) is 70.3 Å². The number of halogens is 2. The maximum absolute atomic E-state index is 12.6. The molecule has 4 aliphatic carbocycles. The molecule has 0 saturated heterocycles. The molecule has 0 bridgehead atoms. The van der Waals surface area contributed by atoms with Gasteiger partial charge in [-0.1, -0.05) is 20.8 Å². The van der Waals surface area contributed by atoms with E-state index in [1.165, 1.54) is 0 Å². The van der Waals surface area contributed by atoms with Crippen molar-refractivity contribution in [1.82, 2.24) is 0 Å². The average Bonchev–Trinajstić information content (AvgIpc) is 3.10. The highest BCUT2D eigenvalue weighted by Gasteiger charge is 2.65. The number of carbonyl (C=O) groups is 3. The number of ether oxygens (including phenoxy) is 2. The van der Waals surface area contributed by atoms with Crippen molar-refractivity contribution in [2.45, 2.75) is 84.8 Å². The van der Waals surface area contributed by atoms with Gasteiger partial charge in [0.2, 0.25) is 0 Å². The minimum absolute atomic E-state index is 0.0148. The van der Waals surface area contributed by atoms with Crippen LogP contribution in [0.5, 0.6) is 0 Å². The van der Waals surface area contributed by atoms with Gasteiger partial charge in [0.25, 0.3) is 0 Å². The minimum Gasteiger partial charge on any atom is -0.461 e. The van der Waals surface area contributed by atoms with Crippen LogP contribution in [0.1, 0.15) is 72.6 Å². The van der Waals surface area contributed by atoms with E-state index >= 15 is 0 Å². The Labute approximate surface area is 207 Å². The molecular formula is C26H38Cl2O5. The van der Waals surface area contributed by atoms with Crippen molar-refractivity contribution in [3.05, 3.63) is 0 Å². The van der Waals surface area contributed by atoms with Crippen LogP contribution in [-0.4, -0.2) is 41.7 Å². The number of ketones is 1. The normalized spacial score (nSPS) is 46.5. The Hall–Kier alpha value is -0.810. The van der Waals surface area contributed by atoms with Crippen molar-refractivity contribution in [1.29, 1.82) is 0 Å². The van der Waals surface area contributed by atoms with Crippen molar-refractivity contribution in [2.24, 2.45) is 46.3 Å². The van der Waals surface area contributed by atoms with Crippen molar-refractivity contribution >= 4 is 40.9 Å².